The second kappa shape index (κ2) is 2.60. The first-order valence-electron chi connectivity index (χ1n) is 3.24. The van der Waals surface area contributed by atoms with Gasteiger partial charge in [-0.15, -0.1) is 0 Å². The molecule has 0 saturated carbocycles. The van der Waals surface area contributed by atoms with Crippen LogP contribution in [0.3, 0.4) is 0 Å². The van der Waals surface area contributed by atoms with E-state index in [1.54, 1.807) is 11.8 Å². The van der Waals surface area contributed by atoms with Crippen LogP contribution in [0.25, 0.3) is 0 Å². The minimum Gasteiger partial charge on any atom is -0.379 e. The van der Waals surface area contributed by atoms with E-state index in [4.69, 9.17) is 5.73 Å². The maximum atomic E-state index is 5.50. The molecule has 0 aliphatic carbocycles. The van der Waals surface area contributed by atoms with Crippen molar-refractivity contribution in [1.29, 1.82) is 0 Å². The highest BCUT2D eigenvalue weighted by Gasteiger charge is 2.22. The molecular weight excluding hydrogens is 132 g/mol. The second-order valence-electron chi connectivity index (χ2n) is 2.27. The van der Waals surface area contributed by atoms with Crippen molar-refractivity contribution in [3.63, 3.8) is 0 Å². The first kappa shape index (κ1) is 6.93. The van der Waals surface area contributed by atoms with Gasteiger partial charge < -0.3 is 5.73 Å². The van der Waals surface area contributed by atoms with Crippen molar-refractivity contribution in [3.8, 4) is 0 Å². The van der Waals surface area contributed by atoms with Gasteiger partial charge in [-0.1, -0.05) is 18.7 Å². The summed E-state index contributed by atoms with van der Waals surface area (Å²) in [5.41, 5.74) is 5.50. The third-order valence-electron chi connectivity index (χ3n) is 1.54. The minimum atomic E-state index is 0.431. The third-order valence-corrected chi connectivity index (χ3v) is 2.92. The van der Waals surface area contributed by atoms with Gasteiger partial charge >= 0.3 is 0 Å². The number of amidine groups is 1. The number of thioether (sulfide) groups is 1. The molecule has 2 nitrogen and oxygen atoms in total. The molecule has 0 radical (unpaired) electrons. The Hall–Kier alpha value is -0.180. The Labute approximate surface area is 59.9 Å². The summed E-state index contributed by atoms with van der Waals surface area (Å²) >= 11 is 1.70. The topological polar surface area (TPSA) is 38.4 Å². The van der Waals surface area contributed by atoms with Crippen LogP contribution in [0, 0.1) is 0 Å². The lowest BCUT2D eigenvalue weighted by atomic mass is 10.2. The van der Waals surface area contributed by atoms with E-state index in [0.29, 0.717) is 11.3 Å². The maximum Gasteiger partial charge on any atom is 0.154 e. The second-order valence-corrected chi connectivity index (χ2v) is 3.53. The smallest absolute Gasteiger partial charge is 0.154 e. The summed E-state index contributed by atoms with van der Waals surface area (Å²) in [6, 6.07) is 0.431. The van der Waals surface area contributed by atoms with Gasteiger partial charge in [-0.3, -0.25) is 4.99 Å². The Kier molecular flexibility index (Phi) is 2.01. The molecule has 1 rings (SSSR count). The van der Waals surface area contributed by atoms with Gasteiger partial charge in [-0.25, -0.2) is 0 Å². The van der Waals surface area contributed by atoms with Gasteiger partial charge in [-0.2, -0.15) is 0 Å². The van der Waals surface area contributed by atoms with Gasteiger partial charge in [0, 0.05) is 5.25 Å². The first-order valence-corrected chi connectivity index (χ1v) is 4.12. The van der Waals surface area contributed by atoms with Crippen molar-refractivity contribution in [2.45, 2.75) is 31.6 Å². The van der Waals surface area contributed by atoms with Crippen molar-refractivity contribution in [2.24, 2.45) is 10.7 Å². The minimum absolute atomic E-state index is 0.431. The van der Waals surface area contributed by atoms with Crippen molar-refractivity contribution in [1.82, 2.24) is 0 Å². The first-order chi connectivity index (χ1) is 4.24. The van der Waals surface area contributed by atoms with Gasteiger partial charge in [0.05, 0.1) is 6.04 Å². The number of nitrogens with zero attached hydrogens (tertiary/aromatic N) is 1. The number of rotatable bonds is 1. The SMILES string of the molecule is CC[C@H]1SC(N)=N[C@@H]1C. The van der Waals surface area contributed by atoms with E-state index in [-0.39, 0.29) is 0 Å². The van der Waals surface area contributed by atoms with Crippen LogP contribution in [0.4, 0.5) is 0 Å². The molecule has 1 heterocycles. The largest absolute Gasteiger partial charge is 0.379 e. The Morgan fingerprint density at radius 3 is 2.67 bits per heavy atom. The Morgan fingerprint density at radius 1 is 1.78 bits per heavy atom. The zero-order valence-electron chi connectivity index (χ0n) is 5.79. The summed E-state index contributed by atoms with van der Waals surface area (Å²) in [7, 11) is 0. The van der Waals surface area contributed by atoms with E-state index in [0.717, 1.165) is 11.6 Å². The lowest BCUT2D eigenvalue weighted by molar-refractivity contribution is 0.686. The molecule has 2 N–H and O–H groups in total. The van der Waals surface area contributed by atoms with E-state index in [1.165, 1.54) is 0 Å². The molecule has 3 heteroatoms. The van der Waals surface area contributed by atoms with Gasteiger partial charge in [0.15, 0.2) is 5.17 Å². The quantitative estimate of drug-likeness (QED) is 0.601. The van der Waals surface area contributed by atoms with E-state index >= 15 is 0 Å². The maximum absolute atomic E-state index is 5.50. The van der Waals surface area contributed by atoms with Crippen LogP contribution < -0.4 is 5.73 Å². The van der Waals surface area contributed by atoms with Crippen LogP contribution in [0.1, 0.15) is 20.3 Å². The highest BCUT2D eigenvalue weighted by molar-refractivity contribution is 8.14. The average molecular weight is 144 g/mol. The molecule has 0 aromatic rings. The molecule has 0 amide bonds. The summed E-state index contributed by atoms with van der Waals surface area (Å²) in [6.07, 6.45) is 1.16. The zero-order valence-corrected chi connectivity index (χ0v) is 6.61. The summed E-state index contributed by atoms with van der Waals surface area (Å²) in [6.45, 7) is 4.28. The molecule has 1 aliphatic rings. The summed E-state index contributed by atoms with van der Waals surface area (Å²) in [5.74, 6) is 0. The predicted octanol–water partition coefficient (Wildman–Crippen LogP) is 1.22. The summed E-state index contributed by atoms with van der Waals surface area (Å²) in [5, 5.41) is 1.39. The molecule has 0 fully saturated rings. The number of nitrogens with two attached hydrogens (primary N) is 1. The van der Waals surface area contributed by atoms with Crippen LogP contribution in [-0.2, 0) is 0 Å². The number of hydrogen-bond acceptors (Lipinski definition) is 3. The fourth-order valence-corrected chi connectivity index (χ4v) is 1.95. The van der Waals surface area contributed by atoms with Crippen LogP contribution in [0.15, 0.2) is 4.99 Å². The van der Waals surface area contributed by atoms with Gasteiger partial charge in [0.1, 0.15) is 0 Å². The zero-order chi connectivity index (χ0) is 6.85. The van der Waals surface area contributed by atoms with Gasteiger partial charge in [-0.05, 0) is 13.3 Å². The molecule has 1 aliphatic heterocycles. The summed E-state index contributed by atoms with van der Waals surface area (Å²) in [4.78, 5) is 4.20. The summed E-state index contributed by atoms with van der Waals surface area (Å²) < 4.78 is 0. The van der Waals surface area contributed by atoms with Crippen LogP contribution >= 0.6 is 11.8 Å². The van der Waals surface area contributed by atoms with Crippen molar-refractivity contribution >= 4 is 16.9 Å². The van der Waals surface area contributed by atoms with E-state index in [1.807, 2.05) is 0 Å². The fourth-order valence-electron chi connectivity index (χ4n) is 0.992. The number of aliphatic imine (C=N–C) groups is 1. The third kappa shape index (κ3) is 1.39. The van der Waals surface area contributed by atoms with Crippen LogP contribution in [0.2, 0.25) is 0 Å². The lowest BCUT2D eigenvalue weighted by Gasteiger charge is -2.07. The Bertz CT molecular complexity index is 133. The highest BCUT2D eigenvalue weighted by Crippen LogP contribution is 2.26. The van der Waals surface area contributed by atoms with Crippen molar-refractivity contribution in [3.05, 3.63) is 0 Å². The van der Waals surface area contributed by atoms with E-state index in [9.17, 15) is 0 Å². The molecule has 9 heavy (non-hydrogen) atoms. The lowest BCUT2D eigenvalue weighted by Crippen LogP contribution is -2.11. The van der Waals surface area contributed by atoms with E-state index < -0.39 is 0 Å². The molecule has 0 aromatic carbocycles. The molecule has 2 atom stereocenters. The van der Waals surface area contributed by atoms with Crippen LogP contribution in [-0.4, -0.2) is 16.5 Å². The van der Waals surface area contributed by atoms with Crippen LogP contribution in [0.5, 0.6) is 0 Å². The van der Waals surface area contributed by atoms with Crippen molar-refractivity contribution < 1.29 is 0 Å². The molecule has 0 bridgehead atoms. The van der Waals surface area contributed by atoms with E-state index in [2.05, 4.69) is 18.8 Å². The Balaban J connectivity index is 2.49. The molecule has 0 spiro atoms. The Morgan fingerprint density at radius 2 is 2.44 bits per heavy atom. The molecule has 0 unspecified atom stereocenters. The molecule has 0 saturated heterocycles. The highest BCUT2D eigenvalue weighted by atomic mass is 32.2. The van der Waals surface area contributed by atoms with Crippen molar-refractivity contribution in [2.75, 3.05) is 0 Å². The van der Waals surface area contributed by atoms with Gasteiger partial charge in [0.2, 0.25) is 0 Å². The molecule has 52 valence electrons. The normalized spacial score (nSPS) is 34.7. The molecular formula is C6H12N2S. The monoisotopic (exact) mass is 144 g/mol. The fraction of sp³-hybridized carbons (Fsp3) is 0.833. The average Bonchev–Trinajstić information content (AvgIpc) is 2.10. The standard InChI is InChI=1S/C6H12N2S/c1-3-5-4(2)8-6(7)9-5/h4-5H,3H2,1-2H3,(H2,7,8)/t4-,5-/m1/s1. The molecule has 0 aromatic heterocycles. The van der Waals surface area contributed by atoms with Gasteiger partial charge in [0.25, 0.3) is 0 Å². The predicted molar refractivity (Wildman–Crippen MR) is 42.8 cm³/mol. The number of hydrogen-bond donors (Lipinski definition) is 1.